The number of carbonyl (C=O) groups is 3. The number of amides is 1. The van der Waals surface area contributed by atoms with Gasteiger partial charge >= 0.3 is 5.97 Å². The lowest BCUT2D eigenvalue weighted by Crippen LogP contribution is -2.25. The molecule has 0 saturated heterocycles. The van der Waals surface area contributed by atoms with Crippen LogP contribution in [0.4, 0.5) is 5.69 Å². The van der Waals surface area contributed by atoms with E-state index in [-0.39, 0.29) is 24.0 Å². The molecule has 0 radical (unpaired) electrons. The number of rotatable bonds is 6. The predicted octanol–water partition coefficient (Wildman–Crippen LogP) is 1.85. The molecule has 134 valence electrons. The summed E-state index contributed by atoms with van der Waals surface area (Å²) in [6.07, 6.45) is 1.50. The smallest absolute Gasteiger partial charge is 0.344 e. The van der Waals surface area contributed by atoms with Gasteiger partial charge in [0.15, 0.2) is 19.0 Å². The summed E-state index contributed by atoms with van der Waals surface area (Å²) in [7, 11) is 0. The van der Waals surface area contributed by atoms with Crippen molar-refractivity contribution in [2.24, 2.45) is 0 Å². The van der Waals surface area contributed by atoms with Crippen molar-refractivity contribution in [3.63, 3.8) is 0 Å². The van der Waals surface area contributed by atoms with E-state index < -0.39 is 18.4 Å². The Balaban J connectivity index is 1.67. The van der Waals surface area contributed by atoms with E-state index >= 15 is 0 Å². The highest BCUT2D eigenvalue weighted by atomic mass is 16.5. The maximum atomic E-state index is 12.3. The van der Waals surface area contributed by atoms with Crippen LogP contribution in [0.15, 0.2) is 36.5 Å². The standard InChI is InChI=1S/C18H16N2O6/c1-2-24-17-12(4-3-7-19-17)18(23)26-9-14(21)11-5-6-15-13(8-11)20-16(22)10-25-15/h3-8H,2,9-10H2,1H3,(H,20,22). The minimum absolute atomic E-state index is 0.0643. The number of ketones is 1. The van der Waals surface area contributed by atoms with Crippen molar-refractivity contribution in [3.8, 4) is 11.6 Å². The van der Waals surface area contributed by atoms with Crippen molar-refractivity contribution >= 4 is 23.3 Å². The molecule has 8 heteroatoms. The highest BCUT2D eigenvalue weighted by Gasteiger charge is 2.20. The van der Waals surface area contributed by atoms with Gasteiger partial charge in [0, 0.05) is 11.8 Å². The number of aromatic nitrogens is 1. The van der Waals surface area contributed by atoms with Crippen LogP contribution in [0.3, 0.4) is 0 Å². The Morgan fingerprint density at radius 3 is 2.96 bits per heavy atom. The minimum atomic E-state index is -0.704. The fourth-order valence-electron chi connectivity index (χ4n) is 2.35. The molecule has 1 aliphatic heterocycles. The molecule has 0 bridgehead atoms. The molecular weight excluding hydrogens is 340 g/mol. The Morgan fingerprint density at radius 1 is 1.31 bits per heavy atom. The van der Waals surface area contributed by atoms with Gasteiger partial charge in [-0.1, -0.05) is 0 Å². The Kier molecular flexibility index (Phi) is 5.12. The van der Waals surface area contributed by atoms with Crippen LogP contribution in [-0.4, -0.2) is 42.5 Å². The molecule has 0 fully saturated rings. The molecular formula is C18H16N2O6. The molecule has 3 rings (SSSR count). The van der Waals surface area contributed by atoms with Crippen LogP contribution in [0.1, 0.15) is 27.6 Å². The van der Waals surface area contributed by atoms with Crippen LogP contribution in [0.2, 0.25) is 0 Å². The largest absolute Gasteiger partial charge is 0.482 e. The second-order valence-corrected chi connectivity index (χ2v) is 5.34. The monoisotopic (exact) mass is 356 g/mol. The number of fused-ring (bicyclic) bond motifs is 1. The molecule has 1 N–H and O–H groups in total. The Morgan fingerprint density at radius 2 is 2.15 bits per heavy atom. The molecule has 8 nitrogen and oxygen atoms in total. The second kappa shape index (κ2) is 7.64. The van der Waals surface area contributed by atoms with E-state index in [9.17, 15) is 14.4 Å². The number of esters is 1. The van der Waals surface area contributed by atoms with Crippen molar-refractivity contribution in [2.45, 2.75) is 6.92 Å². The number of nitrogens with zero attached hydrogens (tertiary/aromatic N) is 1. The summed E-state index contributed by atoms with van der Waals surface area (Å²) in [5.41, 5.74) is 0.844. The number of nitrogens with one attached hydrogen (secondary N) is 1. The van der Waals surface area contributed by atoms with E-state index in [1.54, 1.807) is 25.1 Å². The van der Waals surface area contributed by atoms with Gasteiger partial charge in [-0.2, -0.15) is 0 Å². The summed E-state index contributed by atoms with van der Waals surface area (Å²) in [4.78, 5) is 39.8. The third kappa shape index (κ3) is 3.80. The van der Waals surface area contributed by atoms with Gasteiger partial charge in [-0.15, -0.1) is 0 Å². The third-order valence-electron chi connectivity index (χ3n) is 3.54. The van der Waals surface area contributed by atoms with Crippen LogP contribution in [0.25, 0.3) is 0 Å². The predicted molar refractivity (Wildman–Crippen MR) is 90.6 cm³/mol. The zero-order valence-electron chi connectivity index (χ0n) is 14.0. The highest BCUT2D eigenvalue weighted by molar-refractivity contribution is 6.02. The molecule has 1 aromatic heterocycles. The SMILES string of the molecule is CCOc1ncccc1C(=O)OCC(=O)c1ccc2c(c1)NC(=O)CO2. The average Bonchev–Trinajstić information content (AvgIpc) is 2.66. The van der Waals surface area contributed by atoms with Gasteiger partial charge in [0.05, 0.1) is 12.3 Å². The lowest BCUT2D eigenvalue weighted by atomic mass is 10.1. The third-order valence-corrected chi connectivity index (χ3v) is 3.54. The van der Waals surface area contributed by atoms with E-state index in [1.165, 1.54) is 18.3 Å². The molecule has 1 aromatic carbocycles. The van der Waals surface area contributed by atoms with Crippen LogP contribution in [0.5, 0.6) is 11.6 Å². The van der Waals surface area contributed by atoms with Crippen molar-refractivity contribution in [1.29, 1.82) is 0 Å². The summed E-state index contributed by atoms with van der Waals surface area (Å²) >= 11 is 0. The van der Waals surface area contributed by atoms with Crippen LogP contribution in [0, 0.1) is 0 Å². The first-order valence-corrected chi connectivity index (χ1v) is 7.93. The van der Waals surface area contributed by atoms with Gasteiger partial charge in [0.25, 0.3) is 5.91 Å². The zero-order chi connectivity index (χ0) is 18.5. The van der Waals surface area contributed by atoms with E-state index in [4.69, 9.17) is 14.2 Å². The molecule has 0 spiro atoms. The molecule has 0 unspecified atom stereocenters. The van der Waals surface area contributed by atoms with Crippen LogP contribution >= 0.6 is 0 Å². The molecule has 0 atom stereocenters. The normalized spacial score (nSPS) is 12.4. The molecule has 2 aromatic rings. The molecule has 1 amide bonds. The highest BCUT2D eigenvalue weighted by Crippen LogP contribution is 2.28. The van der Waals surface area contributed by atoms with Crippen molar-refractivity contribution in [2.75, 3.05) is 25.1 Å². The van der Waals surface area contributed by atoms with Gasteiger partial charge in [0.1, 0.15) is 11.3 Å². The van der Waals surface area contributed by atoms with Crippen LogP contribution < -0.4 is 14.8 Å². The Labute approximate surface area is 149 Å². The molecule has 2 heterocycles. The van der Waals surface area contributed by atoms with Crippen molar-refractivity contribution in [3.05, 3.63) is 47.7 Å². The lowest BCUT2D eigenvalue weighted by Gasteiger charge is -2.18. The lowest BCUT2D eigenvalue weighted by molar-refractivity contribution is -0.118. The van der Waals surface area contributed by atoms with E-state index in [0.717, 1.165) is 0 Å². The van der Waals surface area contributed by atoms with E-state index in [2.05, 4.69) is 10.3 Å². The summed E-state index contributed by atoms with van der Waals surface area (Å²) in [5, 5.41) is 2.62. The quantitative estimate of drug-likeness (QED) is 0.622. The van der Waals surface area contributed by atoms with Crippen LogP contribution in [-0.2, 0) is 9.53 Å². The maximum absolute atomic E-state index is 12.3. The maximum Gasteiger partial charge on any atom is 0.344 e. The number of ether oxygens (including phenoxy) is 3. The molecule has 0 saturated carbocycles. The number of Topliss-reactive ketones (excluding diaryl/α,β-unsaturated/α-hetero) is 1. The fraction of sp³-hybridized carbons (Fsp3) is 0.222. The zero-order valence-corrected chi connectivity index (χ0v) is 14.0. The van der Waals surface area contributed by atoms with Gasteiger partial charge in [0.2, 0.25) is 5.88 Å². The van der Waals surface area contributed by atoms with Crippen molar-refractivity contribution < 1.29 is 28.6 Å². The fourth-order valence-corrected chi connectivity index (χ4v) is 2.35. The summed E-state index contributed by atoms with van der Waals surface area (Å²) in [6.45, 7) is 1.60. The average molecular weight is 356 g/mol. The number of carbonyl (C=O) groups excluding carboxylic acids is 3. The Hall–Kier alpha value is -3.42. The summed E-state index contributed by atoms with van der Waals surface area (Å²) < 4.78 is 15.6. The first-order valence-electron chi connectivity index (χ1n) is 7.93. The summed E-state index contributed by atoms with van der Waals surface area (Å²) in [5.74, 6) is -0.781. The second-order valence-electron chi connectivity index (χ2n) is 5.34. The first-order chi connectivity index (χ1) is 12.6. The molecule has 1 aliphatic rings. The van der Waals surface area contributed by atoms with Gasteiger partial charge in [-0.3, -0.25) is 9.59 Å². The summed E-state index contributed by atoms with van der Waals surface area (Å²) in [6, 6.07) is 7.70. The van der Waals surface area contributed by atoms with Gasteiger partial charge < -0.3 is 19.5 Å². The Bertz CT molecular complexity index is 865. The topological polar surface area (TPSA) is 104 Å². The number of pyridine rings is 1. The number of anilines is 1. The number of hydrogen-bond acceptors (Lipinski definition) is 7. The first kappa shape index (κ1) is 17.4. The van der Waals surface area contributed by atoms with Gasteiger partial charge in [-0.05, 0) is 37.3 Å². The number of benzene rings is 1. The minimum Gasteiger partial charge on any atom is -0.482 e. The van der Waals surface area contributed by atoms with Crippen molar-refractivity contribution in [1.82, 2.24) is 4.98 Å². The van der Waals surface area contributed by atoms with E-state index in [0.29, 0.717) is 23.6 Å². The van der Waals surface area contributed by atoms with E-state index in [1.807, 2.05) is 0 Å². The molecule has 0 aliphatic carbocycles. The van der Waals surface area contributed by atoms with Gasteiger partial charge in [-0.25, -0.2) is 9.78 Å². The molecule has 26 heavy (non-hydrogen) atoms. The number of hydrogen-bond donors (Lipinski definition) is 1.